The predicted molar refractivity (Wildman–Crippen MR) is 108 cm³/mol. The van der Waals surface area contributed by atoms with E-state index < -0.39 is 0 Å². The van der Waals surface area contributed by atoms with Crippen molar-refractivity contribution in [3.05, 3.63) is 83.6 Å². The fourth-order valence-electron chi connectivity index (χ4n) is 3.49. The highest BCUT2D eigenvalue weighted by Gasteiger charge is 2.28. The Labute approximate surface area is 161 Å². The third kappa shape index (κ3) is 5.44. The molecule has 0 saturated heterocycles. The van der Waals surface area contributed by atoms with Crippen molar-refractivity contribution in [3.8, 4) is 0 Å². The van der Waals surface area contributed by atoms with Gasteiger partial charge in [-0.15, -0.1) is 0 Å². The maximum atomic E-state index is 12.6. The summed E-state index contributed by atoms with van der Waals surface area (Å²) in [4.78, 5) is 20.1. The first-order valence-corrected chi connectivity index (χ1v) is 9.58. The van der Waals surface area contributed by atoms with E-state index in [0.717, 1.165) is 29.7 Å². The van der Waals surface area contributed by atoms with Gasteiger partial charge in [0.05, 0.1) is 6.61 Å². The monoisotopic (exact) mass is 364 g/mol. The second-order valence-electron chi connectivity index (χ2n) is 7.48. The fourth-order valence-corrected chi connectivity index (χ4v) is 3.49. The predicted octanol–water partition coefficient (Wildman–Crippen LogP) is 4.54. The summed E-state index contributed by atoms with van der Waals surface area (Å²) in [6.07, 6.45) is 4.99. The average Bonchev–Trinajstić information content (AvgIpc) is 2.98. The van der Waals surface area contributed by atoms with Gasteiger partial charge in [-0.05, 0) is 35.4 Å². The zero-order valence-electron chi connectivity index (χ0n) is 16.1. The fraction of sp³-hybridized carbons (Fsp3) is 0.348. The van der Waals surface area contributed by atoms with Crippen molar-refractivity contribution in [2.75, 3.05) is 6.54 Å². The lowest BCUT2D eigenvalue weighted by molar-refractivity contribution is 0.0569. The van der Waals surface area contributed by atoms with Gasteiger partial charge in [-0.1, -0.05) is 68.5 Å². The number of amides is 1. The summed E-state index contributed by atoms with van der Waals surface area (Å²) in [6.45, 7) is 6.36. The lowest BCUT2D eigenvalue weighted by atomic mass is 9.96. The summed E-state index contributed by atoms with van der Waals surface area (Å²) in [6, 6.07) is 17.9. The molecule has 0 fully saturated rings. The number of hydrogen-bond acceptors (Lipinski definition) is 3. The minimum atomic E-state index is 0.140. The normalized spacial score (nSPS) is 14.8. The molecular weight excluding hydrogens is 336 g/mol. The second-order valence-corrected chi connectivity index (χ2v) is 7.48. The molecule has 0 radical (unpaired) electrons. The highest BCUT2D eigenvalue weighted by Crippen LogP contribution is 2.25. The molecule has 1 atom stereocenters. The van der Waals surface area contributed by atoms with Crippen molar-refractivity contribution < 1.29 is 9.63 Å². The second kappa shape index (κ2) is 9.38. The molecule has 1 aliphatic heterocycles. The summed E-state index contributed by atoms with van der Waals surface area (Å²) in [5, 5.41) is 0. The molecule has 0 spiro atoms. The molecule has 142 valence electrons. The van der Waals surface area contributed by atoms with Crippen molar-refractivity contribution >= 4 is 5.91 Å². The summed E-state index contributed by atoms with van der Waals surface area (Å²) >= 11 is 0. The van der Waals surface area contributed by atoms with Gasteiger partial charge in [0.2, 0.25) is 0 Å². The standard InChI is InChI=1S/C23H28N2O2/c1-18(2)14-20(12-13-24-27-17-19-8-4-3-5-9-19)15-25-16-21-10-6-7-11-22(21)23(25)26/h3-13,18,20,24H,14-17H2,1-2H3/b13-12-/t20-/m1/s1. The molecule has 2 aromatic rings. The van der Waals surface area contributed by atoms with Crippen LogP contribution in [0.5, 0.6) is 0 Å². The summed E-state index contributed by atoms with van der Waals surface area (Å²) < 4.78 is 0. The molecule has 27 heavy (non-hydrogen) atoms. The molecule has 4 heteroatoms. The zero-order valence-corrected chi connectivity index (χ0v) is 16.1. The van der Waals surface area contributed by atoms with Crippen LogP contribution in [0.4, 0.5) is 0 Å². The number of nitrogens with one attached hydrogen (secondary N) is 1. The van der Waals surface area contributed by atoms with Gasteiger partial charge in [0.15, 0.2) is 0 Å². The van der Waals surface area contributed by atoms with Gasteiger partial charge in [0.25, 0.3) is 5.91 Å². The SMILES string of the molecule is CC(C)C[C@@H](/C=C\NOCc1ccccc1)CN1Cc2ccccc2C1=O. The minimum Gasteiger partial charge on any atom is -0.334 e. The van der Waals surface area contributed by atoms with Gasteiger partial charge in [-0.3, -0.25) is 15.1 Å². The van der Waals surface area contributed by atoms with Crippen LogP contribution in [-0.2, 0) is 18.0 Å². The van der Waals surface area contributed by atoms with E-state index >= 15 is 0 Å². The van der Waals surface area contributed by atoms with Crippen LogP contribution in [0.2, 0.25) is 0 Å². The Morgan fingerprint density at radius 1 is 1.11 bits per heavy atom. The Balaban J connectivity index is 1.52. The van der Waals surface area contributed by atoms with Gasteiger partial charge in [0, 0.05) is 24.9 Å². The Hall–Kier alpha value is -2.59. The molecule has 3 rings (SSSR count). The minimum absolute atomic E-state index is 0.140. The van der Waals surface area contributed by atoms with Crippen molar-refractivity contribution in [1.82, 2.24) is 10.4 Å². The molecule has 0 saturated carbocycles. The third-order valence-corrected chi connectivity index (χ3v) is 4.73. The van der Waals surface area contributed by atoms with E-state index in [0.29, 0.717) is 19.1 Å². The number of hydroxylamine groups is 1. The molecule has 0 bridgehead atoms. The van der Waals surface area contributed by atoms with Crippen molar-refractivity contribution in [3.63, 3.8) is 0 Å². The highest BCUT2D eigenvalue weighted by molar-refractivity contribution is 5.98. The van der Waals surface area contributed by atoms with Crippen LogP contribution in [0.15, 0.2) is 66.9 Å². The maximum Gasteiger partial charge on any atom is 0.254 e. The van der Waals surface area contributed by atoms with Crippen LogP contribution in [0, 0.1) is 11.8 Å². The zero-order chi connectivity index (χ0) is 19.1. The van der Waals surface area contributed by atoms with E-state index in [-0.39, 0.29) is 11.8 Å². The van der Waals surface area contributed by atoms with Gasteiger partial charge in [0.1, 0.15) is 0 Å². The number of carbonyl (C=O) groups is 1. The number of benzene rings is 2. The van der Waals surface area contributed by atoms with Crippen LogP contribution >= 0.6 is 0 Å². The quantitative estimate of drug-likeness (QED) is 0.525. The van der Waals surface area contributed by atoms with Crippen molar-refractivity contribution in [2.24, 2.45) is 11.8 Å². The topological polar surface area (TPSA) is 41.6 Å². The Morgan fingerprint density at radius 2 is 1.85 bits per heavy atom. The Kier molecular flexibility index (Phi) is 6.66. The molecule has 0 aliphatic carbocycles. The Morgan fingerprint density at radius 3 is 2.59 bits per heavy atom. The molecule has 4 nitrogen and oxygen atoms in total. The van der Waals surface area contributed by atoms with E-state index in [1.54, 1.807) is 0 Å². The number of hydrogen-bond donors (Lipinski definition) is 1. The first-order valence-electron chi connectivity index (χ1n) is 9.58. The lowest BCUT2D eigenvalue weighted by Crippen LogP contribution is -2.30. The summed E-state index contributed by atoms with van der Waals surface area (Å²) in [7, 11) is 0. The van der Waals surface area contributed by atoms with Crippen molar-refractivity contribution in [2.45, 2.75) is 33.4 Å². The number of fused-ring (bicyclic) bond motifs is 1. The molecule has 1 heterocycles. The smallest absolute Gasteiger partial charge is 0.254 e. The van der Waals surface area contributed by atoms with Gasteiger partial charge >= 0.3 is 0 Å². The molecule has 1 amide bonds. The molecule has 1 N–H and O–H groups in total. The summed E-state index contributed by atoms with van der Waals surface area (Å²) in [5.74, 6) is 0.988. The highest BCUT2D eigenvalue weighted by atomic mass is 16.6. The third-order valence-electron chi connectivity index (χ3n) is 4.73. The molecule has 1 aliphatic rings. The number of nitrogens with zero attached hydrogens (tertiary/aromatic N) is 1. The largest absolute Gasteiger partial charge is 0.334 e. The summed E-state index contributed by atoms with van der Waals surface area (Å²) in [5.41, 5.74) is 6.00. The molecule has 0 aromatic heterocycles. The van der Waals surface area contributed by atoms with Crippen LogP contribution < -0.4 is 5.48 Å². The van der Waals surface area contributed by atoms with E-state index in [9.17, 15) is 4.79 Å². The molecule has 2 aromatic carbocycles. The number of rotatable bonds is 9. The lowest BCUT2D eigenvalue weighted by Gasteiger charge is -2.23. The first-order chi connectivity index (χ1) is 13.1. The van der Waals surface area contributed by atoms with E-state index in [1.807, 2.05) is 65.7 Å². The first kappa shape index (κ1) is 19.2. The van der Waals surface area contributed by atoms with E-state index in [1.165, 1.54) is 0 Å². The average molecular weight is 364 g/mol. The Bertz CT molecular complexity index is 771. The van der Waals surface area contributed by atoms with Crippen LogP contribution in [0.25, 0.3) is 0 Å². The van der Waals surface area contributed by atoms with Gasteiger partial charge in [-0.2, -0.15) is 0 Å². The van der Waals surface area contributed by atoms with E-state index in [4.69, 9.17) is 4.84 Å². The van der Waals surface area contributed by atoms with Crippen molar-refractivity contribution in [1.29, 1.82) is 0 Å². The van der Waals surface area contributed by atoms with Crippen LogP contribution in [-0.4, -0.2) is 17.4 Å². The van der Waals surface area contributed by atoms with Gasteiger partial charge < -0.3 is 4.90 Å². The van der Waals surface area contributed by atoms with Crippen LogP contribution in [0.1, 0.15) is 41.8 Å². The molecule has 0 unspecified atom stereocenters. The van der Waals surface area contributed by atoms with Gasteiger partial charge in [-0.25, -0.2) is 0 Å². The number of carbonyl (C=O) groups excluding carboxylic acids is 1. The molecular formula is C23H28N2O2. The van der Waals surface area contributed by atoms with E-state index in [2.05, 4.69) is 25.4 Å². The maximum absolute atomic E-state index is 12.6. The van der Waals surface area contributed by atoms with Crippen LogP contribution in [0.3, 0.4) is 0 Å².